The van der Waals surface area contributed by atoms with Crippen LogP contribution in [0.3, 0.4) is 0 Å². The molecule has 0 saturated carbocycles. The lowest BCUT2D eigenvalue weighted by atomic mass is 10.1. The van der Waals surface area contributed by atoms with Gasteiger partial charge in [0, 0.05) is 41.6 Å². The van der Waals surface area contributed by atoms with E-state index in [-0.39, 0.29) is 12.1 Å². The maximum atomic E-state index is 12.2. The normalized spacial score (nSPS) is 16.2. The molecular weight excluding hydrogens is 334 g/mol. The Kier molecular flexibility index (Phi) is 4.67. The molecule has 1 aliphatic rings. The number of urea groups is 1. The average molecular weight is 355 g/mol. The van der Waals surface area contributed by atoms with Gasteiger partial charge in [0.05, 0.1) is 11.7 Å². The summed E-state index contributed by atoms with van der Waals surface area (Å²) in [5.41, 5.74) is 1.74. The summed E-state index contributed by atoms with van der Waals surface area (Å²) in [6, 6.07) is 10.1. The second-order valence-electron chi connectivity index (χ2n) is 6.40. The van der Waals surface area contributed by atoms with Crippen LogP contribution in [-0.4, -0.2) is 40.3 Å². The Morgan fingerprint density at radius 2 is 2.20 bits per heavy atom. The molecule has 1 fully saturated rings. The van der Waals surface area contributed by atoms with Crippen LogP contribution in [0.5, 0.6) is 0 Å². The number of carbonyl (C=O) groups is 1. The fraction of sp³-hybridized carbons (Fsp3) is 0.333. The summed E-state index contributed by atoms with van der Waals surface area (Å²) in [6.07, 6.45) is 3.72. The van der Waals surface area contributed by atoms with Gasteiger partial charge in [0.2, 0.25) is 0 Å². The Bertz CT molecular complexity index is 836. The third-order valence-corrected chi connectivity index (χ3v) is 5.44. The highest BCUT2D eigenvalue weighted by molar-refractivity contribution is 7.09. The van der Waals surface area contributed by atoms with Crippen LogP contribution >= 0.6 is 11.3 Å². The Hall–Kier alpha value is -2.38. The zero-order valence-corrected chi connectivity index (χ0v) is 14.7. The van der Waals surface area contributed by atoms with Crippen LogP contribution < -0.4 is 10.6 Å². The number of hydrogen-bond acceptors (Lipinski definition) is 4. The molecule has 0 spiro atoms. The van der Waals surface area contributed by atoms with Gasteiger partial charge in [0.15, 0.2) is 0 Å². The van der Waals surface area contributed by atoms with Crippen molar-refractivity contribution < 1.29 is 4.79 Å². The van der Waals surface area contributed by atoms with Crippen molar-refractivity contribution in [3.05, 3.63) is 46.8 Å². The fourth-order valence-electron chi connectivity index (χ4n) is 3.23. The van der Waals surface area contributed by atoms with E-state index in [0.29, 0.717) is 0 Å². The molecule has 25 heavy (non-hydrogen) atoms. The highest BCUT2D eigenvalue weighted by Gasteiger charge is 2.21. The molecule has 3 N–H and O–H groups in total. The molecular formula is C18H21N5OS. The topological polar surface area (TPSA) is 73.0 Å². The molecule has 1 aromatic carbocycles. The molecule has 0 aliphatic carbocycles. The SMILES string of the molecule is O=C(Nc1ccc2[nH]ncc2c1)NC1CCN(Cc2cccs2)CC1. The number of piperidine rings is 1. The standard InChI is InChI=1S/C18H21N5OS/c24-18(21-15-3-4-17-13(10-15)11-19-22-17)20-14-5-7-23(8-6-14)12-16-2-1-9-25-16/h1-4,9-11,14H,5-8,12H2,(H,19,22)(H2,20,21,24). The van der Waals surface area contributed by atoms with E-state index in [9.17, 15) is 4.79 Å². The molecule has 130 valence electrons. The fourth-order valence-corrected chi connectivity index (χ4v) is 3.98. The summed E-state index contributed by atoms with van der Waals surface area (Å²) in [5, 5.41) is 16.0. The van der Waals surface area contributed by atoms with Gasteiger partial charge in [-0.25, -0.2) is 4.79 Å². The van der Waals surface area contributed by atoms with Crippen molar-refractivity contribution in [3.63, 3.8) is 0 Å². The largest absolute Gasteiger partial charge is 0.335 e. The molecule has 6 nitrogen and oxygen atoms in total. The quantitative estimate of drug-likeness (QED) is 0.671. The number of carbonyl (C=O) groups excluding carboxylic acids is 1. The molecule has 2 amide bonds. The minimum atomic E-state index is -0.139. The number of nitrogens with one attached hydrogen (secondary N) is 3. The van der Waals surface area contributed by atoms with Crippen molar-refractivity contribution in [2.45, 2.75) is 25.4 Å². The number of aromatic nitrogens is 2. The number of amides is 2. The Balaban J connectivity index is 1.25. The van der Waals surface area contributed by atoms with Gasteiger partial charge < -0.3 is 10.6 Å². The van der Waals surface area contributed by atoms with Crippen molar-refractivity contribution in [1.82, 2.24) is 20.4 Å². The lowest BCUT2D eigenvalue weighted by Gasteiger charge is -2.32. The lowest BCUT2D eigenvalue weighted by molar-refractivity contribution is 0.191. The predicted molar refractivity (Wildman–Crippen MR) is 101 cm³/mol. The van der Waals surface area contributed by atoms with Crippen molar-refractivity contribution in [2.24, 2.45) is 0 Å². The van der Waals surface area contributed by atoms with E-state index >= 15 is 0 Å². The molecule has 0 unspecified atom stereocenters. The number of thiophene rings is 1. The highest BCUT2D eigenvalue weighted by Crippen LogP contribution is 2.18. The number of H-pyrrole nitrogens is 1. The van der Waals surface area contributed by atoms with Gasteiger partial charge in [-0.05, 0) is 42.5 Å². The van der Waals surface area contributed by atoms with E-state index in [1.54, 1.807) is 17.5 Å². The third-order valence-electron chi connectivity index (χ3n) is 4.58. The van der Waals surface area contributed by atoms with E-state index in [0.717, 1.165) is 49.1 Å². The first-order chi connectivity index (χ1) is 12.3. The molecule has 3 heterocycles. The van der Waals surface area contributed by atoms with E-state index in [1.807, 2.05) is 18.2 Å². The summed E-state index contributed by atoms with van der Waals surface area (Å²) >= 11 is 1.80. The number of benzene rings is 1. The summed E-state index contributed by atoms with van der Waals surface area (Å²) in [5.74, 6) is 0. The molecule has 2 aromatic heterocycles. The van der Waals surface area contributed by atoms with Crippen molar-refractivity contribution in [2.75, 3.05) is 18.4 Å². The molecule has 0 bridgehead atoms. The average Bonchev–Trinajstić information content (AvgIpc) is 3.27. The van der Waals surface area contributed by atoms with Gasteiger partial charge in [0.1, 0.15) is 0 Å². The van der Waals surface area contributed by atoms with Crippen molar-refractivity contribution in [3.8, 4) is 0 Å². The van der Waals surface area contributed by atoms with Gasteiger partial charge in [-0.2, -0.15) is 5.10 Å². The number of anilines is 1. The summed E-state index contributed by atoms with van der Waals surface area (Å²) < 4.78 is 0. The number of fused-ring (bicyclic) bond motifs is 1. The first-order valence-corrected chi connectivity index (χ1v) is 9.39. The summed E-state index contributed by atoms with van der Waals surface area (Å²) in [6.45, 7) is 3.05. The predicted octanol–water partition coefficient (Wildman–Crippen LogP) is 3.41. The van der Waals surface area contributed by atoms with E-state index < -0.39 is 0 Å². The zero-order chi connectivity index (χ0) is 17.1. The monoisotopic (exact) mass is 355 g/mol. The minimum Gasteiger partial charge on any atom is -0.335 e. The first kappa shape index (κ1) is 16.1. The molecule has 3 aromatic rings. The second kappa shape index (κ2) is 7.25. The maximum absolute atomic E-state index is 12.2. The van der Waals surface area contributed by atoms with Crippen LogP contribution in [0.15, 0.2) is 41.9 Å². The Morgan fingerprint density at radius 1 is 1.32 bits per heavy atom. The minimum absolute atomic E-state index is 0.139. The first-order valence-electron chi connectivity index (χ1n) is 8.52. The molecule has 0 radical (unpaired) electrons. The molecule has 1 saturated heterocycles. The van der Waals surface area contributed by atoms with Crippen LogP contribution in [0.4, 0.5) is 10.5 Å². The number of nitrogens with zero attached hydrogens (tertiary/aromatic N) is 2. The van der Waals surface area contributed by atoms with Crippen LogP contribution in [-0.2, 0) is 6.54 Å². The maximum Gasteiger partial charge on any atom is 0.319 e. The smallest absolute Gasteiger partial charge is 0.319 e. The van der Waals surface area contributed by atoms with E-state index in [4.69, 9.17) is 0 Å². The number of likely N-dealkylation sites (tertiary alicyclic amines) is 1. The van der Waals surface area contributed by atoms with Crippen LogP contribution in [0, 0.1) is 0 Å². The van der Waals surface area contributed by atoms with Gasteiger partial charge in [-0.15, -0.1) is 11.3 Å². The highest BCUT2D eigenvalue weighted by atomic mass is 32.1. The lowest BCUT2D eigenvalue weighted by Crippen LogP contribution is -2.45. The third kappa shape index (κ3) is 4.00. The zero-order valence-electron chi connectivity index (χ0n) is 13.9. The van der Waals surface area contributed by atoms with Crippen LogP contribution in [0.1, 0.15) is 17.7 Å². The number of aromatic amines is 1. The van der Waals surface area contributed by atoms with Gasteiger partial charge >= 0.3 is 6.03 Å². The molecule has 1 aliphatic heterocycles. The van der Waals surface area contributed by atoms with E-state index in [2.05, 4.69) is 43.2 Å². The van der Waals surface area contributed by atoms with Crippen LogP contribution in [0.25, 0.3) is 10.9 Å². The Morgan fingerprint density at radius 3 is 3.00 bits per heavy atom. The molecule has 0 atom stereocenters. The summed E-state index contributed by atoms with van der Waals surface area (Å²) in [7, 11) is 0. The number of rotatable bonds is 4. The Labute approximate surface area is 150 Å². The second-order valence-corrected chi connectivity index (χ2v) is 7.43. The molecule has 4 rings (SSSR count). The van der Waals surface area contributed by atoms with Crippen molar-refractivity contribution in [1.29, 1.82) is 0 Å². The van der Waals surface area contributed by atoms with Crippen molar-refractivity contribution >= 4 is 34.0 Å². The number of hydrogen-bond donors (Lipinski definition) is 3. The van der Waals surface area contributed by atoms with Gasteiger partial charge in [-0.3, -0.25) is 10.00 Å². The van der Waals surface area contributed by atoms with E-state index in [1.165, 1.54) is 4.88 Å². The molecule has 7 heteroatoms. The van der Waals surface area contributed by atoms with Gasteiger partial charge in [0.25, 0.3) is 0 Å². The van der Waals surface area contributed by atoms with Gasteiger partial charge in [-0.1, -0.05) is 6.07 Å². The van der Waals surface area contributed by atoms with Crippen LogP contribution in [0.2, 0.25) is 0 Å². The summed E-state index contributed by atoms with van der Waals surface area (Å²) in [4.78, 5) is 16.1.